The Morgan fingerprint density at radius 2 is 2.00 bits per heavy atom. The van der Waals surface area contributed by atoms with Gasteiger partial charge in [0.05, 0.1) is 11.9 Å². The van der Waals surface area contributed by atoms with Gasteiger partial charge in [-0.05, 0) is 12.1 Å². The molecule has 0 saturated carbocycles. The standard InChI is InChI=1S/C10H7ClF2N4O3S/c1-21(19,20)17-15-8(9(11)16-17)10(18)14-7-3-2-5(12)4-6(7)13/h2-4H,1H3,(H,14,18). The SMILES string of the molecule is CS(=O)(=O)n1nc(Cl)c(C(=O)Nc2ccc(F)cc2F)n1. The minimum Gasteiger partial charge on any atom is -0.318 e. The van der Waals surface area contributed by atoms with Crippen LogP contribution in [0.3, 0.4) is 0 Å². The summed E-state index contributed by atoms with van der Waals surface area (Å²) in [6, 6.07) is 2.51. The van der Waals surface area contributed by atoms with E-state index in [2.05, 4.69) is 15.5 Å². The van der Waals surface area contributed by atoms with Gasteiger partial charge in [0, 0.05) is 6.07 Å². The quantitative estimate of drug-likeness (QED) is 0.911. The summed E-state index contributed by atoms with van der Waals surface area (Å²) < 4.78 is 48.8. The van der Waals surface area contributed by atoms with E-state index in [4.69, 9.17) is 11.6 Å². The Kier molecular flexibility index (Phi) is 3.92. The number of nitrogens with one attached hydrogen (secondary N) is 1. The number of nitrogens with zero attached hydrogens (tertiary/aromatic N) is 3. The molecule has 2 aromatic rings. The second-order valence-electron chi connectivity index (χ2n) is 3.90. The monoisotopic (exact) mass is 336 g/mol. The first kappa shape index (κ1) is 15.3. The van der Waals surface area contributed by atoms with E-state index in [0.717, 1.165) is 18.4 Å². The van der Waals surface area contributed by atoms with E-state index in [1.165, 1.54) is 0 Å². The van der Waals surface area contributed by atoms with Gasteiger partial charge in [-0.3, -0.25) is 4.79 Å². The van der Waals surface area contributed by atoms with Crippen LogP contribution in [0.4, 0.5) is 14.5 Å². The molecule has 0 aliphatic rings. The van der Waals surface area contributed by atoms with Gasteiger partial charge in [-0.25, -0.2) is 17.2 Å². The third kappa shape index (κ3) is 3.34. The van der Waals surface area contributed by atoms with Crippen LogP contribution >= 0.6 is 11.6 Å². The van der Waals surface area contributed by atoms with E-state index in [-0.39, 0.29) is 9.89 Å². The maximum absolute atomic E-state index is 13.4. The van der Waals surface area contributed by atoms with Gasteiger partial charge in [-0.1, -0.05) is 15.8 Å². The number of aromatic nitrogens is 3. The van der Waals surface area contributed by atoms with Crippen LogP contribution in [0.2, 0.25) is 5.15 Å². The maximum Gasteiger partial charge on any atom is 0.279 e. The van der Waals surface area contributed by atoms with E-state index in [0.29, 0.717) is 6.07 Å². The van der Waals surface area contributed by atoms with Gasteiger partial charge in [0.25, 0.3) is 15.9 Å². The second-order valence-corrected chi connectivity index (χ2v) is 6.05. The molecule has 0 spiro atoms. The molecule has 112 valence electrons. The predicted molar refractivity (Wildman–Crippen MR) is 69.6 cm³/mol. The molecule has 0 radical (unpaired) electrons. The van der Waals surface area contributed by atoms with E-state index in [1.54, 1.807) is 0 Å². The Morgan fingerprint density at radius 3 is 2.52 bits per heavy atom. The molecule has 0 fully saturated rings. The van der Waals surface area contributed by atoms with Crippen molar-refractivity contribution in [1.29, 1.82) is 0 Å². The molecular formula is C10H7ClF2N4O3S. The number of halogens is 3. The van der Waals surface area contributed by atoms with Crippen molar-refractivity contribution >= 4 is 33.2 Å². The molecule has 1 aromatic heterocycles. The number of hydrogen-bond donors (Lipinski definition) is 1. The summed E-state index contributed by atoms with van der Waals surface area (Å²) in [4.78, 5) is 11.8. The highest BCUT2D eigenvalue weighted by Gasteiger charge is 2.21. The lowest BCUT2D eigenvalue weighted by Gasteiger charge is -2.04. The van der Waals surface area contributed by atoms with Crippen molar-refractivity contribution in [2.75, 3.05) is 11.6 Å². The summed E-state index contributed by atoms with van der Waals surface area (Å²) in [5.74, 6) is -2.80. The summed E-state index contributed by atoms with van der Waals surface area (Å²) in [5, 5.41) is 8.36. The van der Waals surface area contributed by atoms with Gasteiger partial charge in [-0.15, -0.1) is 10.2 Å². The molecule has 7 nitrogen and oxygen atoms in total. The van der Waals surface area contributed by atoms with Crippen molar-refractivity contribution in [2.45, 2.75) is 0 Å². The van der Waals surface area contributed by atoms with E-state index >= 15 is 0 Å². The first-order valence-electron chi connectivity index (χ1n) is 5.28. The van der Waals surface area contributed by atoms with Gasteiger partial charge in [0.1, 0.15) is 11.6 Å². The molecule has 0 aliphatic heterocycles. The summed E-state index contributed by atoms with van der Waals surface area (Å²) >= 11 is 5.60. The van der Waals surface area contributed by atoms with Crippen molar-refractivity contribution in [3.8, 4) is 0 Å². The van der Waals surface area contributed by atoms with Gasteiger partial charge in [-0.2, -0.15) is 0 Å². The van der Waals surface area contributed by atoms with Crippen LogP contribution in [0, 0.1) is 11.6 Å². The van der Waals surface area contributed by atoms with Crippen molar-refractivity contribution in [1.82, 2.24) is 14.4 Å². The van der Waals surface area contributed by atoms with Gasteiger partial charge < -0.3 is 5.32 Å². The van der Waals surface area contributed by atoms with Gasteiger partial charge >= 0.3 is 0 Å². The Balaban J connectivity index is 2.31. The van der Waals surface area contributed by atoms with Crippen LogP contribution in [0.15, 0.2) is 18.2 Å². The molecule has 0 unspecified atom stereocenters. The molecule has 0 bridgehead atoms. The number of benzene rings is 1. The Bertz CT molecular complexity index is 822. The zero-order valence-electron chi connectivity index (χ0n) is 10.3. The molecule has 2 rings (SSSR count). The van der Waals surface area contributed by atoms with E-state index < -0.39 is 38.4 Å². The fourth-order valence-corrected chi connectivity index (χ4v) is 2.03. The smallest absolute Gasteiger partial charge is 0.279 e. The maximum atomic E-state index is 13.4. The Labute approximate surface area is 122 Å². The topological polar surface area (TPSA) is 94.0 Å². The zero-order valence-corrected chi connectivity index (χ0v) is 11.9. The molecule has 21 heavy (non-hydrogen) atoms. The lowest BCUT2D eigenvalue weighted by molar-refractivity contribution is 0.102. The average molecular weight is 337 g/mol. The van der Waals surface area contributed by atoms with Crippen molar-refractivity contribution < 1.29 is 22.0 Å². The molecule has 1 aromatic carbocycles. The number of amides is 1. The van der Waals surface area contributed by atoms with Crippen LogP contribution in [0.25, 0.3) is 0 Å². The summed E-state index contributed by atoms with van der Waals surface area (Å²) in [6.07, 6.45) is 0.810. The van der Waals surface area contributed by atoms with Crippen LogP contribution in [0.5, 0.6) is 0 Å². The second kappa shape index (κ2) is 5.37. The fraction of sp³-hybridized carbons (Fsp3) is 0.100. The summed E-state index contributed by atoms with van der Waals surface area (Å²) in [7, 11) is -3.82. The lowest BCUT2D eigenvalue weighted by atomic mass is 10.3. The lowest BCUT2D eigenvalue weighted by Crippen LogP contribution is -2.17. The Hall–Kier alpha value is -2.07. The molecule has 1 amide bonds. The molecule has 0 aliphatic carbocycles. The number of hydrogen-bond acceptors (Lipinski definition) is 5. The highest BCUT2D eigenvalue weighted by atomic mass is 35.5. The van der Waals surface area contributed by atoms with E-state index in [9.17, 15) is 22.0 Å². The van der Waals surface area contributed by atoms with Crippen LogP contribution in [-0.2, 0) is 10.0 Å². The third-order valence-corrected chi connectivity index (χ3v) is 3.26. The zero-order chi connectivity index (χ0) is 15.8. The number of carbonyl (C=O) groups excluding carboxylic acids is 1. The molecule has 11 heteroatoms. The summed E-state index contributed by atoms with van der Waals surface area (Å²) in [5.41, 5.74) is -0.822. The highest BCUT2D eigenvalue weighted by Crippen LogP contribution is 2.18. The van der Waals surface area contributed by atoms with Crippen LogP contribution in [0.1, 0.15) is 10.5 Å². The molecule has 1 heterocycles. The number of rotatable bonds is 3. The van der Waals surface area contributed by atoms with Gasteiger partial charge in [0.15, 0.2) is 10.8 Å². The van der Waals surface area contributed by atoms with Crippen molar-refractivity contribution in [3.05, 3.63) is 40.7 Å². The van der Waals surface area contributed by atoms with Gasteiger partial charge in [0.2, 0.25) is 0 Å². The van der Waals surface area contributed by atoms with Crippen LogP contribution < -0.4 is 5.32 Å². The largest absolute Gasteiger partial charge is 0.318 e. The first-order valence-corrected chi connectivity index (χ1v) is 7.51. The molecule has 0 atom stereocenters. The van der Waals surface area contributed by atoms with Crippen molar-refractivity contribution in [2.24, 2.45) is 0 Å². The normalized spacial score (nSPS) is 11.4. The van der Waals surface area contributed by atoms with Crippen molar-refractivity contribution in [3.63, 3.8) is 0 Å². The number of carbonyl (C=O) groups is 1. The molecule has 1 N–H and O–H groups in total. The fourth-order valence-electron chi connectivity index (χ4n) is 1.33. The highest BCUT2D eigenvalue weighted by molar-refractivity contribution is 7.88. The third-order valence-electron chi connectivity index (χ3n) is 2.25. The minimum atomic E-state index is -3.82. The average Bonchev–Trinajstić information content (AvgIpc) is 2.75. The molecular weight excluding hydrogens is 330 g/mol. The summed E-state index contributed by atoms with van der Waals surface area (Å²) in [6.45, 7) is 0. The predicted octanol–water partition coefficient (Wildman–Crippen LogP) is 1.27. The minimum absolute atomic E-state index is 0.269. The number of anilines is 1. The van der Waals surface area contributed by atoms with E-state index in [1.807, 2.05) is 0 Å². The molecule has 0 saturated heterocycles. The first-order chi connectivity index (χ1) is 9.68. The van der Waals surface area contributed by atoms with Crippen LogP contribution in [-0.4, -0.2) is 35.0 Å². The Morgan fingerprint density at radius 1 is 1.33 bits per heavy atom.